The molecule has 3 N–H and O–H groups in total. The van der Waals surface area contributed by atoms with Crippen LogP contribution in [0.5, 0.6) is 0 Å². The van der Waals surface area contributed by atoms with Gasteiger partial charge in [0.2, 0.25) is 5.95 Å². The van der Waals surface area contributed by atoms with E-state index < -0.39 is 0 Å². The molecule has 4 rings (SSSR count). The third-order valence-corrected chi connectivity index (χ3v) is 4.99. The van der Waals surface area contributed by atoms with E-state index >= 15 is 0 Å². The number of para-hydroxylation sites is 1. The van der Waals surface area contributed by atoms with E-state index in [1.54, 1.807) is 10.6 Å². The molecule has 142 valence electrons. The Morgan fingerprint density at radius 1 is 1.17 bits per heavy atom. The summed E-state index contributed by atoms with van der Waals surface area (Å²) in [5.41, 5.74) is 7.32. The topological polar surface area (TPSA) is 85.8 Å². The molecule has 4 aromatic rings. The van der Waals surface area contributed by atoms with Crippen molar-refractivity contribution in [1.82, 2.24) is 14.5 Å². The van der Waals surface area contributed by atoms with Crippen LogP contribution >= 0.6 is 11.6 Å². The summed E-state index contributed by atoms with van der Waals surface area (Å²) in [6.45, 7) is 1.92. The molecule has 0 amide bonds. The second-order valence-electron chi connectivity index (χ2n) is 6.65. The highest BCUT2D eigenvalue weighted by Crippen LogP contribution is 2.26. The Morgan fingerprint density at radius 2 is 1.93 bits per heavy atom. The van der Waals surface area contributed by atoms with Crippen LogP contribution in [0, 0.1) is 0 Å². The maximum atomic E-state index is 13.4. The molecule has 2 heterocycles. The number of hydrogen-bond acceptors (Lipinski definition) is 5. The van der Waals surface area contributed by atoms with Gasteiger partial charge in [0.1, 0.15) is 13.7 Å². The molecule has 2 radical (unpaired) electrons. The smallest absolute Gasteiger partial charge is 0.264 e. The predicted molar refractivity (Wildman–Crippen MR) is 118 cm³/mol. The van der Waals surface area contributed by atoms with Gasteiger partial charge in [0.15, 0.2) is 0 Å². The minimum absolute atomic E-state index is 0.111. The Hall–Kier alpha value is -3.32. The minimum Gasteiger partial charge on any atom is -0.368 e. The van der Waals surface area contributed by atoms with E-state index in [4.69, 9.17) is 25.2 Å². The van der Waals surface area contributed by atoms with Gasteiger partial charge in [0.05, 0.1) is 16.5 Å². The number of fused-ring (bicyclic) bond motifs is 1. The quantitative estimate of drug-likeness (QED) is 0.513. The Labute approximate surface area is 173 Å². The molecule has 0 aliphatic heterocycles. The molecule has 29 heavy (non-hydrogen) atoms. The largest absolute Gasteiger partial charge is 0.368 e. The van der Waals surface area contributed by atoms with Gasteiger partial charge in [-0.1, -0.05) is 41.9 Å². The van der Waals surface area contributed by atoms with E-state index in [2.05, 4.69) is 15.3 Å². The van der Waals surface area contributed by atoms with Crippen molar-refractivity contribution in [3.63, 3.8) is 0 Å². The Balaban J connectivity index is 1.93. The zero-order valence-electron chi connectivity index (χ0n) is 15.6. The summed E-state index contributed by atoms with van der Waals surface area (Å²) < 4.78 is 1.65. The molecule has 0 saturated heterocycles. The number of pyridine rings is 1. The number of anilines is 2. The lowest BCUT2D eigenvalue weighted by atomic mass is 9.98. The van der Waals surface area contributed by atoms with Crippen molar-refractivity contribution in [2.75, 3.05) is 11.1 Å². The number of rotatable bonds is 4. The van der Waals surface area contributed by atoms with E-state index in [9.17, 15) is 4.79 Å². The Kier molecular flexibility index (Phi) is 4.98. The van der Waals surface area contributed by atoms with E-state index in [-0.39, 0.29) is 17.5 Å². The van der Waals surface area contributed by atoms with Gasteiger partial charge in [-0.25, -0.2) is 4.98 Å². The van der Waals surface area contributed by atoms with Gasteiger partial charge in [-0.05, 0) is 42.0 Å². The Morgan fingerprint density at radius 3 is 2.69 bits per heavy atom. The first-order chi connectivity index (χ1) is 14.0. The fraction of sp³-hybridized carbons (Fsp3) is 0.0952. The summed E-state index contributed by atoms with van der Waals surface area (Å²) in [5, 5.41) is 4.88. The van der Waals surface area contributed by atoms with Crippen LogP contribution in [0.1, 0.15) is 18.7 Å². The molecule has 0 bridgehead atoms. The highest BCUT2D eigenvalue weighted by Gasteiger charge is 2.18. The number of benzene rings is 2. The molecule has 8 heteroatoms. The van der Waals surface area contributed by atoms with Crippen LogP contribution in [0.4, 0.5) is 11.8 Å². The van der Waals surface area contributed by atoms with E-state index in [1.807, 2.05) is 55.5 Å². The van der Waals surface area contributed by atoms with Crippen molar-refractivity contribution in [1.29, 1.82) is 0 Å². The van der Waals surface area contributed by atoms with Gasteiger partial charge in [0, 0.05) is 17.6 Å². The van der Waals surface area contributed by atoms with Crippen molar-refractivity contribution in [3.05, 3.63) is 81.9 Å². The van der Waals surface area contributed by atoms with E-state index in [1.165, 1.54) is 6.20 Å². The highest BCUT2D eigenvalue weighted by molar-refractivity contribution is 6.35. The lowest BCUT2D eigenvalue weighted by Crippen LogP contribution is -2.27. The van der Waals surface area contributed by atoms with Gasteiger partial charge in [-0.15, -0.1) is 0 Å². The molecule has 0 saturated carbocycles. The lowest BCUT2D eigenvalue weighted by Gasteiger charge is -2.22. The molecular formula is C21H17BClN5O. The summed E-state index contributed by atoms with van der Waals surface area (Å²) >= 11 is 6.35. The van der Waals surface area contributed by atoms with Crippen molar-refractivity contribution < 1.29 is 0 Å². The van der Waals surface area contributed by atoms with Crippen LogP contribution in [-0.2, 0) is 0 Å². The van der Waals surface area contributed by atoms with E-state index in [0.29, 0.717) is 21.7 Å². The van der Waals surface area contributed by atoms with Crippen molar-refractivity contribution in [2.24, 2.45) is 0 Å². The Bertz CT molecular complexity index is 1260. The van der Waals surface area contributed by atoms with Gasteiger partial charge in [-0.2, -0.15) is 4.98 Å². The van der Waals surface area contributed by atoms with Crippen LogP contribution in [0.15, 0.2) is 65.6 Å². The first kappa shape index (κ1) is 19.0. The number of halogens is 1. The maximum absolute atomic E-state index is 13.4. The van der Waals surface area contributed by atoms with Gasteiger partial charge in [0.25, 0.3) is 5.56 Å². The van der Waals surface area contributed by atoms with Crippen molar-refractivity contribution >= 4 is 47.4 Å². The number of nitrogen functional groups attached to an aromatic ring is 1. The van der Waals surface area contributed by atoms with Crippen LogP contribution in [-0.4, -0.2) is 22.4 Å². The zero-order valence-corrected chi connectivity index (χ0v) is 16.4. The monoisotopic (exact) mass is 401 g/mol. The molecule has 2 aromatic carbocycles. The first-order valence-electron chi connectivity index (χ1n) is 9.00. The highest BCUT2D eigenvalue weighted by atomic mass is 35.5. The average molecular weight is 402 g/mol. The molecule has 0 spiro atoms. The minimum atomic E-state index is -0.317. The molecule has 2 aromatic heterocycles. The zero-order chi connectivity index (χ0) is 20.5. The normalized spacial score (nSPS) is 12.1. The van der Waals surface area contributed by atoms with Crippen LogP contribution in [0.25, 0.3) is 16.5 Å². The van der Waals surface area contributed by atoms with Crippen molar-refractivity contribution in [2.45, 2.75) is 13.0 Å². The third-order valence-electron chi connectivity index (χ3n) is 4.67. The lowest BCUT2D eigenvalue weighted by molar-refractivity contribution is 0.774. The SMILES string of the molecule is [B]c1cnc(N)nc1N[C@@H](C)c1cc2cccc(Cl)c2c(=O)n1-c1ccccc1. The molecular weight excluding hydrogens is 385 g/mol. The van der Waals surface area contributed by atoms with Gasteiger partial charge < -0.3 is 11.1 Å². The van der Waals surface area contributed by atoms with E-state index in [0.717, 1.165) is 16.8 Å². The summed E-state index contributed by atoms with van der Waals surface area (Å²) in [4.78, 5) is 21.5. The second kappa shape index (κ2) is 7.60. The first-order valence-corrected chi connectivity index (χ1v) is 9.37. The number of nitrogens with one attached hydrogen (secondary N) is 1. The average Bonchev–Trinajstić information content (AvgIpc) is 2.71. The number of aromatic nitrogens is 3. The maximum Gasteiger partial charge on any atom is 0.264 e. The fourth-order valence-corrected chi connectivity index (χ4v) is 3.56. The fourth-order valence-electron chi connectivity index (χ4n) is 3.30. The van der Waals surface area contributed by atoms with Crippen LogP contribution < -0.4 is 22.1 Å². The molecule has 0 aliphatic rings. The summed E-state index contributed by atoms with van der Waals surface area (Å²) in [6.07, 6.45) is 1.45. The molecule has 0 aliphatic carbocycles. The third kappa shape index (κ3) is 3.57. The van der Waals surface area contributed by atoms with Crippen molar-refractivity contribution in [3.8, 4) is 5.69 Å². The van der Waals surface area contributed by atoms with Crippen LogP contribution in [0.2, 0.25) is 5.02 Å². The molecule has 1 atom stereocenters. The van der Waals surface area contributed by atoms with Gasteiger partial charge >= 0.3 is 0 Å². The molecule has 0 unspecified atom stereocenters. The summed E-state index contributed by atoms with van der Waals surface area (Å²) in [5.74, 6) is 0.517. The van der Waals surface area contributed by atoms with Crippen LogP contribution in [0.3, 0.4) is 0 Å². The molecule has 6 nitrogen and oxygen atoms in total. The predicted octanol–water partition coefficient (Wildman–Crippen LogP) is 2.98. The standard InChI is InChI=1S/C21H17BClN5O/c1-12(26-19-15(22)11-25-21(24)27-19)17-10-13-6-5-9-16(23)18(13)20(29)28(17)14-7-3-2-4-8-14/h2-12H,1H3,(H3,24,25,26,27)/t12-/m0/s1. The number of nitrogens with zero attached hydrogens (tertiary/aromatic N) is 3. The number of hydrogen-bond donors (Lipinski definition) is 2. The van der Waals surface area contributed by atoms with Gasteiger partial charge in [-0.3, -0.25) is 9.36 Å². The summed E-state index contributed by atoms with van der Waals surface area (Å²) in [7, 11) is 5.98. The number of nitrogens with two attached hydrogens (primary N) is 1. The molecule has 0 fully saturated rings. The second-order valence-corrected chi connectivity index (χ2v) is 7.05. The summed E-state index contributed by atoms with van der Waals surface area (Å²) in [6, 6.07) is 16.4.